The number of hydrogen-bond acceptors (Lipinski definition) is 4. The largest absolute Gasteiger partial charge is 0.355 e. The van der Waals surface area contributed by atoms with Crippen molar-refractivity contribution in [2.24, 2.45) is 0 Å². The van der Waals surface area contributed by atoms with Crippen molar-refractivity contribution in [2.45, 2.75) is 19.9 Å². The molecule has 0 bridgehead atoms. The Morgan fingerprint density at radius 3 is 2.94 bits per heavy atom. The summed E-state index contributed by atoms with van der Waals surface area (Å²) in [6, 6.07) is 7.22. The van der Waals surface area contributed by atoms with Crippen LogP contribution in [0.4, 0.5) is 5.82 Å². The number of carbonyl (C=O) groups is 1. The molecule has 0 spiro atoms. The van der Waals surface area contributed by atoms with Crippen LogP contribution in [0.15, 0.2) is 28.8 Å². The van der Waals surface area contributed by atoms with E-state index in [2.05, 4.69) is 10.5 Å². The van der Waals surface area contributed by atoms with Gasteiger partial charge < -0.3 is 14.7 Å². The molecule has 0 saturated heterocycles. The Morgan fingerprint density at radius 2 is 2.22 bits per heavy atom. The number of amides is 1. The van der Waals surface area contributed by atoms with Gasteiger partial charge in [-0.2, -0.15) is 0 Å². The van der Waals surface area contributed by atoms with E-state index in [9.17, 15) is 4.79 Å². The standard InChI is InChI=1S/C13H17N3O2/c1-4-16(3)13(17)9(2)14-12-10-7-5-6-8-11(10)18-15-12/h5-9H,4H2,1-3H3,(H,14,15). The average Bonchev–Trinajstić information content (AvgIpc) is 2.80. The van der Waals surface area contributed by atoms with E-state index in [1.165, 1.54) is 0 Å². The Hall–Kier alpha value is -2.04. The summed E-state index contributed by atoms with van der Waals surface area (Å²) in [4.78, 5) is 13.6. The van der Waals surface area contributed by atoms with E-state index < -0.39 is 0 Å². The quantitative estimate of drug-likeness (QED) is 0.899. The zero-order valence-corrected chi connectivity index (χ0v) is 10.8. The third kappa shape index (κ3) is 2.30. The molecule has 0 radical (unpaired) electrons. The van der Waals surface area contributed by atoms with Gasteiger partial charge in [-0.05, 0) is 26.0 Å². The first-order chi connectivity index (χ1) is 8.63. The van der Waals surface area contributed by atoms with Gasteiger partial charge in [-0.3, -0.25) is 4.79 Å². The SMILES string of the molecule is CCN(C)C(=O)C(C)Nc1noc2ccccc12. The number of fused-ring (bicyclic) bond motifs is 1. The molecule has 1 heterocycles. The summed E-state index contributed by atoms with van der Waals surface area (Å²) in [7, 11) is 1.78. The van der Waals surface area contributed by atoms with Crippen LogP contribution >= 0.6 is 0 Å². The van der Waals surface area contributed by atoms with E-state index >= 15 is 0 Å². The van der Waals surface area contributed by atoms with Crippen molar-refractivity contribution < 1.29 is 9.32 Å². The summed E-state index contributed by atoms with van der Waals surface area (Å²) in [5.74, 6) is 0.639. The molecular formula is C13H17N3O2. The Labute approximate surface area is 106 Å². The molecule has 0 fully saturated rings. The molecular weight excluding hydrogens is 230 g/mol. The minimum absolute atomic E-state index is 0.0320. The van der Waals surface area contributed by atoms with Crippen LogP contribution in [0.5, 0.6) is 0 Å². The lowest BCUT2D eigenvalue weighted by Gasteiger charge is -2.20. The molecule has 96 valence electrons. The number of likely N-dealkylation sites (N-methyl/N-ethyl adjacent to an activating group) is 1. The maximum Gasteiger partial charge on any atom is 0.244 e. The van der Waals surface area contributed by atoms with Crippen molar-refractivity contribution >= 4 is 22.7 Å². The number of nitrogens with zero attached hydrogens (tertiary/aromatic N) is 2. The minimum Gasteiger partial charge on any atom is -0.355 e. The summed E-state index contributed by atoms with van der Waals surface area (Å²) >= 11 is 0. The van der Waals surface area contributed by atoms with E-state index in [0.717, 1.165) is 5.39 Å². The van der Waals surface area contributed by atoms with E-state index in [0.29, 0.717) is 17.9 Å². The van der Waals surface area contributed by atoms with Gasteiger partial charge in [0.2, 0.25) is 5.91 Å². The molecule has 18 heavy (non-hydrogen) atoms. The van der Waals surface area contributed by atoms with Gasteiger partial charge in [0.25, 0.3) is 0 Å². The zero-order chi connectivity index (χ0) is 13.1. The second kappa shape index (κ2) is 5.08. The smallest absolute Gasteiger partial charge is 0.244 e. The van der Waals surface area contributed by atoms with Gasteiger partial charge in [-0.1, -0.05) is 17.3 Å². The van der Waals surface area contributed by atoms with Crippen molar-refractivity contribution in [2.75, 3.05) is 18.9 Å². The normalized spacial score (nSPS) is 12.4. The van der Waals surface area contributed by atoms with Crippen LogP contribution in [0.3, 0.4) is 0 Å². The molecule has 1 amide bonds. The Bertz CT molecular complexity index is 550. The van der Waals surface area contributed by atoms with Crippen molar-refractivity contribution in [1.29, 1.82) is 0 Å². The van der Waals surface area contributed by atoms with Crippen molar-refractivity contribution in [3.8, 4) is 0 Å². The molecule has 0 aliphatic heterocycles. The van der Waals surface area contributed by atoms with Crippen molar-refractivity contribution in [1.82, 2.24) is 10.1 Å². The third-order valence-corrected chi connectivity index (χ3v) is 2.95. The lowest BCUT2D eigenvalue weighted by atomic mass is 10.2. The fourth-order valence-corrected chi connectivity index (χ4v) is 1.74. The topological polar surface area (TPSA) is 58.4 Å². The molecule has 5 nitrogen and oxygen atoms in total. The fourth-order valence-electron chi connectivity index (χ4n) is 1.74. The molecule has 1 aromatic carbocycles. The molecule has 1 atom stereocenters. The number of para-hydroxylation sites is 1. The van der Waals surface area contributed by atoms with E-state index in [1.807, 2.05) is 38.1 Å². The first kappa shape index (κ1) is 12.4. The number of anilines is 1. The number of aromatic nitrogens is 1. The predicted octanol–water partition coefficient (Wildman–Crippen LogP) is 2.11. The first-order valence-electron chi connectivity index (χ1n) is 5.99. The third-order valence-electron chi connectivity index (χ3n) is 2.95. The van der Waals surface area contributed by atoms with Gasteiger partial charge >= 0.3 is 0 Å². The summed E-state index contributed by atoms with van der Waals surface area (Å²) in [6.07, 6.45) is 0. The van der Waals surface area contributed by atoms with Crippen molar-refractivity contribution in [3.63, 3.8) is 0 Å². The second-order valence-corrected chi connectivity index (χ2v) is 4.25. The highest BCUT2D eigenvalue weighted by molar-refractivity contribution is 5.91. The van der Waals surface area contributed by atoms with Crippen molar-refractivity contribution in [3.05, 3.63) is 24.3 Å². The van der Waals surface area contributed by atoms with Gasteiger partial charge in [-0.25, -0.2) is 0 Å². The first-order valence-corrected chi connectivity index (χ1v) is 5.99. The Morgan fingerprint density at radius 1 is 1.50 bits per heavy atom. The van der Waals surface area contributed by atoms with Crippen LogP contribution in [-0.2, 0) is 4.79 Å². The van der Waals surface area contributed by atoms with Crippen LogP contribution in [0.25, 0.3) is 11.0 Å². The highest BCUT2D eigenvalue weighted by Gasteiger charge is 2.18. The van der Waals surface area contributed by atoms with E-state index in [1.54, 1.807) is 11.9 Å². The van der Waals surface area contributed by atoms with Gasteiger partial charge in [0.1, 0.15) is 6.04 Å². The molecule has 1 aromatic heterocycles. The van der Waals surface area contributed by atoms with Crippen LogP contribution < -0.4 is 5.32 Å². The molecule has 5 heteroatoms. The Balaban J connectivity index is 2.16. The molecule has 2 rings (SSSR count). The van der Waals surface area contributed by atoms with E-state index in [4.69, 9.17) is 4.52 Å². The fraction of sp³-hybridized carbons (Fsp3) is 0.385. The van der Waals surface area contributed by atoms with Gasteiger partial charge in [0.15, 0.2) is 11.4 Å². The number of hydrogen-bond donors (Lipinski definition) is 1. The number of benzene rings is 1. The number of carbonyl (C=O) groups excluding carboxylic acids is 1. The molecule has 0 aliphatic rings. The second-order valence-electron chi connectivity index (χ2n) is 4.25. The molecule has 0 saturated carbocycles. The summed E-state index contributed by atoms with van der Waals surface area (Å²) in [5, 5.41) is 7.92. The molecule has 1 N–H and O–H groups in total. The van der Waals surface area contributed by atoms with Crippen LogP contribution in [0, 0.1) is 0 Å². The highest BCUT2D eigenvalue weighted by atomic mass is 16.5. The maximum absolute atomic E-state index is 11.9. The maximum atomic E-state index is 11.9. The highest BCUT2D eigenvalue weighted by Crippen LogP contribution is 2.22. The minimum atomic E-state index is -0.330. The average molecular weight is 247 g/mol. The van der Waals surface area contributed by atoms with Gasteiger partial charge in [0, 0.05) is 13.6 Å². The summed E-state index contributed by atoms with van der Waals surface area (Å²) in [5.41, 5.74) is 0.712. The molecule has 1 unspecified atom stereocenters. The van der Waals surface area contributed by atoms with E-state index in [-0.39, 0.29) is 11.9 Å². The summed E-state index contributed by atoms with van der Waals surface area (Å²) < 4.78 is 5.18. The predicted molar refractivity (Wildman–Crippen MR) is 70.4 cm³/mol. The zero-order valence-electron chi connectivity index (χ0n) is 10.8. The van der Waals surface area contributed by atoms with Crippen LogP contribution in [0.1, 0.15) is 13.8 Å². The van der Waals surface area contributed by atoms with Crippen LogP contribution in [0.2, 0.25) is 0 Å². The summed E-state index contributed by atoms with van der Waals surface area (Å²) in [6.45, 7) is 4.44. The lowest BCUT2D eigenvalue weighted by molar-refractivity contribution is -0.130. The molecule has 2 aromatic rings. The number of nitrogens with one attached hydrogen (secondary N) is 1. The van der Waals surface area contributed by atoms with Gasteiger partial charge in [-0.15, -0.1) is 0 Å². The monoisotopic (exact) mass is 247 g/mol. The lowest BCUT2D eigenvalue weighted by Crippen LogP contribution is -2.38. The number of rotatable bonds is 4. The molecule has 0 aliphatic carbocycles. The Kier molecular flexibility index (Phi) is 3.50. The van der Waals surface area contributed by atoms with Gasteiger partial charge in [0.05, 0.1) is 5.39 Å². The van der Waals surface area contributed by atoms with Crippen LogP contribution in [-0.4, -0.2) is 35.6 Å².